The Morgan fingerprint density at radius 2 is 1.86 bits per heavy atom. The fourth-order valence-electron chi connectivity index (χ4n) is 1.87. The molecule has 2 aromatic rings. The van der Waals surface area contributed by atoms with E-state index in [0.717, 1.165) is 0 Å². The SMILES string of the molecule is Cc1c([N+](=O)[O-])cccc1S(=O)(=O)Oc1ccccc1C#N. The van der Waals surface area contributed by atoms with Crippen molar-refractivity contribution in [3.8, 4) is 11.8 Å². The van der Waals surface area contributed by atoms with Gasteiger partial charge in [-0.05, 0) is 25.1 Å². The zero-order valence-corrected chi connectivity index (χ0v) is 12.2. The zero-order chi connectivity index (χ0) is 16.3. The molecule has 0 saturated heterocycles. The maximum atomic E-state index is 12.3. The van der Waals surface area contributed by atoms with Gasteiger partial charge in [0.15, 0.2) is 5.75 Å². The summed E-state index contributed by atoms with van der Waals surface area (Å²) in [6, 6.07) is 11.3. The van der Waals surface area contributed by atoms with Gasteiger partial charge >= 0.3 is 10.1 Å². The molecule has 0 radical (unpaired) electrons. The Morgan fingerprint density at radius 1 is 1.18 bits per heavy atom. The molecule has 22 heavy (non-hydrogen) atoms. The van der Waals surface area contributed by atoms with Crippen LogP contribution in [-0.2, 0) is 10.1 Å². The smallest absolute Gasteiger partial charge is 0.339 e. The van der Waals surface area contributed by atoms with E-state index in [-0.39, 0.29) is 27.5 Å². The van der Waals surface area contributed by atoms with E-state index < -0.39 is 15.0 Å². The lowest BCUT2D eigenvalue weighted by molar-refractivity contribution is -0.385. The zero-order valence-electron chi connectivity index (χ0n) is 11.4. The highest BCUT2D eigenvalue weighted by Gasteiger charge is 2.25. The molecule has 8 heteroatoms. The van der Waals surface area contributed by atoms with Gasteiger partial charge in [0.05, 0.1) is 10.5 Å². The first-order valence-electron chi connectivity index (χ1n) is 6.04. The van der Waals surface area contributed by atoms with Crippen molar-refractivity contribution in [2.24, 2.45) is 0 Å². The summed E-state index contributed by atoms with van der Waals surface area (Å²) in [6.45, 7) is 1.32. The van der Waals surface area contributed by atoms with Crippen molar-refractivity contribution in [2.75, 3.05) is 0 Å². The van der Waals surface area contributed by atoms with Crippen molar-refractivity contribution in [3.63, 3.8) is 0 Å². The molecule has 2 aromatic carbocycles. The van der Waals surface area contributed by atoms with Gasteiger partial charge in [-0.2, -0.15) is 13.7 Å². The highest BCUT2D eigenvalue weighted by molar-refractivity contribution is 7.87. The van der Waals surface area contributed by atoms with Gasteiger partial charge in [-0.3, -0.25) is 10.1 Å². The van der Waals surface area contributed by atoms with Crippen LogP contribution >= 0.6 is 0 Å². The molecular formula is C14H10N2O5S. The molecule has 112 valence electrons. The van der Waals surface area contributed by atoms with Crippen LogP contribution in [0, 0.1) is 28.4 Å². The maximum absolute atomic E-state index is 12.3. The lowest BCUT2D eigenvalue weighted by Gasteiger charge is -2.10. The molecule has 0 aromatic heterocycles. The topological polar surface area (TPSA) is 110 Å². The van der Waals surface area contributed by atoms with Gasteiger partial charge in [0.2, 0.25) is 0 Å². The molecule has 0 N–H and O–H groups in total. The standard InChI is InChI=1S/C14H10N2O5S/c1-10-12(16(17)18)6-4-8-14(10)22(19,20)21-13-7-3-2-5-11(13)9-15/h2-8H,1H3. The Balaban J connectivity index is 2.51. The number of nitro groups is 1. The number of benzene rings is 2. The molecule has 0 spiro atoms. The monoisotopic (exact) mass is 318 g/mol. The molecule has 0 aliphatic rings. The van der Waals surface area contributed by atoms with Crippen molar-refractivity contribution in [2.45, 2.75) is 11.8 Å². The molecule has 0 aliphatic heterocycles. The molecule has 0 atom stereocenters. The van der Waals surface area contributed by atoms with Gasteiger partial charge in [-0.15, -0.1) is 0 Å². The van der Waals surface area contributed by atoms with E-state index in [1.54, 1.807) is 6.07 Å². The largest absolute Gasteiger partial charge is 0.378 e. The quantitative estimate of drug-likeness (QED) is 0.486. The third-order valence-corrected chi connectivity index (χ3v) is 4.31. The average Bonchev–Trinajstić information content (AvgIpc) is 2.47. The number of nitro benzene ring substituents is 1. The fourth-order valence-corrected chi connectivity index (χ4v) is 3.06. The minimum atomic E-state index is -4.29. The first-order chi connectivity index (χ1) is 10.4. The third-order valence-electron chi connectivity index (χ3n) is 2.93. The van der Waals surface area contributed by atoms with Crippen molar-refractivity contribution in [1.82, 2.24) is 0 Å². The van der Waals surface area contributed by atoms with Crippen LogP contribution in [0.2, 0.25) is 0 Å². The number of rotatable bonds is 4. The molecule has 0 unspecified atom stereocenters. The van der Waals surface area contributed by atoms with Crippen molar-refractivity contribution >= 4 is 15.8 Å². The predicted molar refractivity (Wildman–Crippen MR) is 76.8 cm³/mol. The van der Waals surface area contributed by atoms with E-state index in [1.807, 2.05) is 6.07 Å². The second kappa shape index (κ2) is 5.83. The summed E-state index contributed by atoms with van der Waals surface area (Å²) in [6.07, 6.45) is 0. The molecular weight excluding hydrogens is 308 g/mol. The Bertz CT molecular complexity index is 884. The van der Waals surface area contributed by atoms with E-state index in [2.05, 4.69) is 0 Å². The van der Waals surface area contributed by atoms with Crippen LogP contribution in [0.1, 0.15) is 11.1 Å². The normalized spacial score (nSPS) is 10.7. The first-order valence-corrected chi connectivity index (χ1v) is 7.45. The van der Waals surface area contributed by atoms with Gasteiger partial charge in [0, 0.05) is 11.6 Å². The van der Waals surface area contributed by atoms with E-state index in [4.69, 9.17) is 9.44 Å². The summed E-state index contributed by atoms with van der Waals surface area (Å²) in [7, 11) is -4.29. The van der Waals surface area contributed by atoms with Gasteiger partial charge < -0.3 is 4.18 Å². The molecule has 0 amide bonds. The van der Waals surface area contributed by atoms with E-state index in [0.29, 0.717) is 0 Å². The number of nitriles is 1. The molecule has 2 rings (SSSR count). The number of para-hydroxylation sites is 1. The van der Waals surface area contributed by atoms with Crippen molar-refractivity contribution in [3.05, 3.63) is 63.7 Å². The van der Waals surface area contributed by atoms with Crippen LogP contribution < -0.4 is 4.18 Å². The lowest BCUT2D eigenvalue weighted by Crippen LogP contribution is -2.12. The van der Waals surface area contributed by atoms with Gasteiger partial charge in [0.25, 0.3) is 5.69 Å². The third kappa shape index (κ3) is 2.89. The van der Waals surface area contributed by atoms with Crippen LogP contribution in [-0.4, -0.2) is 13.3 Å². The Labute approximate surface area is 126 Å². The first kappa shape index (κ1) is 15.5. The summed E-state index contributed by atoms with van der Waals surface area (Å²) in [5.74, 6) is -0.129. The highest BCUT2D eigenvalue weighted by atomic mass is 32.2. The van der Waals surface area contributed by atoms with E-state index in [9.17, 15) is 18.5 Å². The minimum Gasteiger partial charge on any atom is -0.378 e. The van der Waals surface area contributed by atoms with Crippen molar-refractivity contribution < 1.29 is 17.5 Å². The highest BCUT2D eigenvalue weighted by Crippen LogP contribution is 2.28. The van der Waals surface area contributed by atoms with E-state index in [1.165, 1.54) is 43.3 Å². The van der Waals surface area contributed by atoms with Crippen LogP contribution in [0.4, 0.5) is 5.69 Å². The molecule has 0 bridgehead atoms. The summed E-state index contributed by atoms with van der Waals surface area (Å²) < 4.78 is 29.6. The Hall–Kier alpha value is -2.92. The summed E-state index contributed by atoms with van der Waals surface area (Å²) in [5.41, 5.74) is -0.297. The van der Waals surface area contributed by atoms with Gasteiger partial charge in [-0.1, -0.05) is 18.2 Å². The Morgan fingerprint density at radius 3 is 2.50 bits per heavy atom. The molecule has 7 nitrogen and oxygen atoms in total. The fraction of sp³-hybridized carbons (Fsp3) is 0.0714. The number of nitrogens with zero attached hydrogens (tertiary/aromatic N) is 2. The van der Waals surface area contributed by atoms with Crippen LogP contribution in [0.3, 0.4) is 0 Å². The summed E-state index contributed by atoms with van der Waals surface area (Å²) >= 11 is 0. The number of hydrogen-bond acceptors (Lipinski definition) is 6. The molecule has 0 saturated carbocycles. The average molecular weight is 318 g/mol. The maximum Gasteiger partial charge on any atom is 0.339 e. The molecule has 0 fully saturated rings. The summed E-state index contributed by atoms with van der Waals surface area (Å²) in [4.78, 5) is 9.91. The second-order valence-corrected chi connectivity index (χ2v) is 5.82. The summed E-state index contributed by atoms with van der Waals surface area (Å²) in [5, 5.41) is 19.8. The predicted octanol–water partition coefficient (Wildman–Crippen LogP) is 2.54. The minimum absolute atomic E-state index is 0.0260. The molecule has 0 heterocycles. The Kier molecular flexibility index (Phi) is 4.10. The molecule has 0 aliphatic carbocycles. The van der Waals surface area contributed by atoms with E-state index >= 15 is 0 Å². The van der Waals surface area contributed by atoms with Crippen LogP contribution in [0.5, 0.6) is 5.75 Å². The van der Waals surface area contributed by atoms with Crippen molar-refractivity contribution in [1.29, 1.82) is 5.26 Å². The number of hydrogen-bond donors (Lipinski definition) is 0. The van der Waals surface area contributed by atoms with Crippen LogP contribution in [0.25, 0.3) is 0 Å². The second-order valence-electron chi connectivity index (χ2n) is 4.30. The lowest BCUT2D eigenvalue weighted by atomic mass is 10.2. The van der Waals surface area contributed by atoms with Gasteiger partial charge in [0.1, 0.15) is 11.0 Å². The van der Waals surface area contributed by atoms with Crippen LogP contribution in [0.15, 0.2) is 47.4 Å². The van der Waals surface area contributed by atoms with Gasteiger partial charge in [-0.25, -0.2) is 0 Å².